The molecule has 2 aliphatic rings. The fraction of sp³-hybridized carbons (Fsp3) is 0.611. The van der Waals surface area contributed by atoms with Gasteiger partial charge in [-0.15, -0.1) is 0 Å². The van der Waals surface area contributed by atoms with Gasteiger partial charge in [-0.1, -0.05) is 12.1 Å². The van der Waals surface area contributed by atoms with Crippen LogP contribution in [0.15, 0.2) is 24.3 Å². The Balaban J connectivity index is 1.55. The van der Waals surface area contributed by atoms with Gasteiger partial charge in [0.05, 0.1) is 18.3 Å². The van der Waals surface area contributed by atoms with Crippen LogP contribution in [0.4, 0.5) is 0 Å². The zero-order valence-electron chi connectivity index (χ0n) is 13.8. The lowest BCUT2D eigenvalue weighted by Gasteiger charge is -2.35. The number of carbonyl (C=O) groups is 1. The Bertz CT molecular complexity index is 537. The highest BCUT2D eigenvalue weighted by Gasteiger charge is 2.32. The van der Waals surface area contributed by atoms with E-state index in [0.29, 0.717) is 36.9 Å². The number of para-hydroxylation sites is 1. The predicted molar refractivity (Wildman–Crippen MR) is 88.7 cm³/mol. The second-order valence-electron chi connectivity index (χ2n) is 6.43. The quantitative estimate of drug-likeness (QED) is 0.866. The van der Waals surface area contributed by atoms with Crippen molar-refractivity contribution in [2.75, 3.05) is 39.3 Å². The minimum absolute atomic E-state index is 0.0384. The summed E-state index contributed by atoms with van der Waals surface area (Å²) in [4.78, 5) is 16.9. The van der Waals surface area contributed by atoms with Crippen LogP contribution in [0.25, 0.3) is 0 Å². The SMILES string of the molecule is CCOc1ccccc1C(=O)N1CCN(CC(O)C2CC2)CC1. The van der Waals surface area contributed by atoms with Gasteiger partial charge in [-0.05, 0) is 37.8 Å². The standard InChI is InChI=1S/C18H26N2O3/c1-2-23-17-6-4-3-5-15(17)18(22)20-11-9-19(10-12-20)13-16(21)14-7-8-14/h3-6,14,16,21H,2,7-13H2,1H3. The Labute approximate surface area is 137 Å². The van der Waals surface area contributed by atoms with Gasteiger partial charge in [0.1, 0.15) is 5.75 Å². The van der Waals surface area contributed by atoms with Crippen molar-refractivity contribution in [3.05, 3.63) is 29.8 Å². The smallest absolute Gasteiger partial charge is 0.257 e. The van der Waals surface area contributed by atoms with Crippen molar-refractivity contribution in [3.8, 4) is 5.75 Å². The van der Waals surface area contributed by atoms with Crippen LogP contribution in [0.2, 0.25) is 0 Å². The van der Waals surface area contributed by atoms with E-state index in [1.54, 1.807) is 0 Å². The third-order valence-electron chi connectivity index (χ3n) is 4.69. The maximum absolute atomic E-state index is 12.7. The van der Waals surface area contributed by atoms with Crippen LogP contribution in [0.5, 0.6) is 5.75 Å². The number of ether oxygens (including phenoxy) is 1. The van der Waals surface area contributed by atoms with E-state index in [4.69, 9.17) is 4.74 Å². The van der Waals surface area contributed by atoms with Gasteiger partial charge < -0.3 is 14.7 Å². The summed E-state index contributed by atoms with van der Waals surface area (Å²) in [5.41, 5.74) is 0.640. The molecule has 5 nitrogen and oxygen atoms in total. The molecular weight excluding hydrogens is 292 g/mol. The van der Waals surface area contributed by atoms with Crippen LogP contribution in [0.1, 0.15) is 30.1 Å². The van der Waals surface area contributed by atoms with E-state index < -0.39 is 0 Å². The molecule has 1 aromatic rings. The van der Waals surface area contributed by atoms with Crippen LogP contribution >= 0.6 is 0 Å². The predicted octanol–water partition coefficient (Wildman–Crippen LogP) is 1.61. The molecule has 0 radical (unpaired) electrons. The molecule has 23 heavy (non-hydrogen) atoms. The highest BCUT2D eigenvalue weighted by Crippen LogP contribution is 2.33. The summed E-state index contributed by atoms with van der Waals surface area (Å²) in [7, 11) is 0. The summed E-state index contributed by atoms with van der Waals surface area (Å²) < 4.78 is 5.57. The summed E-state index contributed by atoms with van der Waals surface area (Å²) in [6.07, 6.45) is 2.12. The van der Waals surface area contributed by atoms with Crippen LogP contribution in [-0.4, -0.2) is 66.2 Å². The summed E-state index contributed by atoms with van der Waals surface area (Å²) in [6, 6.07) is 7.44. The van der Waals surface area contributed by atoms with Crippen LogP contribution < -0.4 is 4.74 Å². The van der Waals surface area contributed by atoms with Crippen LogP contribution in [-0.2, 0) is 0 Å². The largest absolute Gasteiger partial charge is 0.493 e. The number of hydrogen-bond donors (Lipinski definition) is 1. The minimum atomic E-state index is -0.198. The highest BCUT2D eigenvalue weighted by molar-refractivity contribution is 5.97. The van der Waals surface area contributed by atoms with Crippen molar-refractivity contribution in [1.29, 1.82) is 0 Å². The van der Waals surface area contributed by atoms with Crippen molar-refractivity contribution in [2.24, 2.45) is 5.92 Å². The second kappa shape index (κ2) is 7.32. The summed E-state index contributed by atoms with van der Waals surface area (Å²) in [6.45, 7) is 6.27. The number of piperazine rings is 1. The van der Waals surface area contributed by atoms with Crippen molar-refractivity contribution >= 4 is 5.91 Å². The minimum Gasteiger partial charge on any atom is -0.493 e. The fourth-order valence-corrected chi connectivity index (χ4v) is 3.12. The highest BCUT2D eigenvalue weighted by atomic mass is 16.5. The van der Waals surface area contributed by atoms with Crippen molar-refractivity contribution in [1.82, 2.24) is 9.80 Å². The molecule has 1 saturated carbocycles. The lowest BCUT2D eigenvalue weighted by atomic mass is 10.1. The number of hydrogen-bond acceptors (Lipinski definition) is 4. The molecule has 1 heterocycles. The molecule has 126 valence electrons. The van der Waals surface area contributed by atoms with Gasteiger partial charge in [-0.3, -0.25) is 9.69 Å². The first-order valence-electron chi connectivity index (χ1n) is 8.60. The molecule has 1 atom stereocenters. The van der Waals surface area contributed by atoms with E-state index in [2.05, 4.69) is 4.90 Å². The van der Waals surface area contributed by atoms with E-state index in [9.17, 15) is 9.90 Å². The molecule has 1 aliphatic heterocycles. The number of carbonyl (C=O) groups excluding carboxylic acids is 1. The van der Waals surface area contributed by atoms with Gasteiger partial charge in [0, 0.05) is 32.7 Å². The monoisotopic (exact) mass is 318 g/mol. The number of β-amino-alcohol motifs (C(OH)–C–C–N with tert-alkyl or cyclic N) is 1. The third-order valence-corrected chi connectivity index (χ3v) is 4.69. The summed E-state index contributed by atoms with van der Waals surface area (Å²) in [5, 5.41) is 10.1. The first-order chi connectivity index (χ1) is 11.2. The fourth-order valence-electron chi connectivity index (χ4n) is 3.12. The number of benzene rings is 1. The normalized spacial score (nSPS) is 20.3. The van der Waals surface area contributed by atoms with Crippen molar-refractivity contribution in [2.45, 2.75) is 25.9 Å². The average Bonchev–Trinajstić information content (AvgIpc) is 3.41. The maximum atomic E-state index is 12.7. The average molecular weight is 318 g/mol. The summed E-state index contributed by atoms with van der Waals surface area (Å²) in [5.74, 6) is 1.20. The molecule has 0 aromatic heterocycles. The van der Waals surface area contributed by atoms with Crippen LogP contribution in [0, 0.1) is 5.92 Å². The lowest BCUT2D eigenvalue weighted by Crippen LogP contribution is -2.50. The number of rotatable bonds is 6. The number of nitrogens with zero attached hydrogens (tertiary/aromatic N) is 2. The third kappa shape index (κ3) is 4.03. The van der Waals surface area contributed by atoms with Crippen molar-refractivity contribution in [3.63, 3.8) is 0 Å². The Morgan fingerprint density at radius 2 is 1.96 bits per heavy atom. The molecule has 1 aromatic carbocycles. The molecule has 0 spiro atoms. The molecule has 5 heteroatoms. The number of aliphatic hydroxyl groups excluding tert-OH is 1. The van der Waals surface area contributed by atoms with Gasteiger partial charge in [0.2, 0.25) is 0 Å². The van der Waals surface area contributed by atoms with E-state index in [1.807, 2.05) is 36.1 Å². The molecule has 1 unspecified atom stereocenters. The number of aliphatic hydroxyl groups is 1. The Kier molecular flexibility index (Phi) is 5.18. The molecule has 1 aliphatic carbocycles. The molecule has 3 rings (SSSR count). The van der Waals surface area contributed by atoms with Gasteiger partial charge in [-0.25, -0.2) is 0 Å². The van der Waals surface area contributed by atoms with E-state index in [1.165, 1.54) is 0 Å². The lowest BCUT2D eigenvalue weighted by molar-refractivity contribution is 0.0486. The van der Waals surface area contributed by atoms with E-state index >= 15 is 0 Å². The van der Waals surface area contributed by atoms with E-state index in [0.717, 1.165) is 32.5 Å². The van der Waals surface area contributed by atoms with E-state index in [-0.39, 0.29) is 12.0 Å². The zero-order chi connectivity index (χ0) is 16.2. The van der Waals surface area contributed by atoms with Gasteiger partial charge in [-0.2, -0.15) is 0 Å². The first-order valence-corrected chi connectivity index (χ1v) is 8.60. The first kappa shape index (κ1) is 16.3. The summed E-state index contributed by atoms with van der Waals surface area (Å²) >= 11 is 0. The molecule has 2 fully saturated rings. The Hall–Kier alpha value is -1.59. The molecule has 0 bridgehead atoms. The maximum Gasteiger partial charge on any atom is 0.257 e. The van der Waals surface area contributed by atoms with Gasteiger partial charge >= 0.3 is 0 Å². The molecular formula is C18H26N2O3. The van der Waals surface area contributed by atoms with Gasteiger partial charge in [0.25, 0.3) is 5.91 Å². The Morgan fingerprint density at radius 1 is 1.26 bits per heavy atom. The second-order valence-corrected chi connectivity index (χ2v) is 6.43. The number of amides is 1. The van der Waals surface area contributed by atoms with Crippen molar-refractivity contribution < 1.29 is 14.6 Å². The Morgan fingerprint density at radius 3 is 2.61 bits per heavy atom. The topological polar surface area (TPSA) is 53.0 Å². The molecule has 1 saturated heterocycles. The van der Waals surface area contributed by atoms with Crippen LogP contribution in [0.3, 0.4) is 0 Å². The molecule has 1 N–H and O–H groups in total. The molecule has 1 amide bonds. The zero-order valence-corrected chi connectivity index (χ0v) is 13.8. The van der Waals surface area contributed by atoms with Gasteiger partial charge in [0.15, 0.2) is 0 Å².